The topological polar surface area (TPSA) is 104 Å². The van der Waals surface area contributed by atoms with E-state index >= 15 is 0 Å². The molecule has 2 aliphatic rings. The van der Waals surface area contributed by atoms with Crippen LogP contribution in [0.1, 0.15) is 25.3 Å². The van der Waals surface area contributed by atoms with E-state index in [0.717, 1.165) is 71.7 Å². The van der Waals surface area contributed by atoms with E-state index in [1.54, 1.807) is 0 Å². The van der Waals surface area contributed by atoms with E-state index in [9.17, 15) is 13.2 Å². The molecule has 0 bridgehead atoms. The lowest BCUT2D eigenvalue weighted by Crippen LogP contribution is -2.39. The van der Waals surface area contributed by atoms with Crippen molar-refractivity contribution in [2.45, 2.75) is 32.4 Å². The molecule has 2 aromatic carbocycles. The molecule has 0 spiro atoms. The smallest absolute Gasteiger partial charge is 0.221 e. The molecule has 1 aromatic heterocycles. The van der Waals surface area contributed by atoms with Gasteiger partial charge in [0.25, 0.3) is 0 Å². The molecule has 2 fully saturated rings. The number of aromatic amines is 1. The van der Waals surface area contributed by atoms with Crippen LogP contribution in [-0.2, 0) is 25.9 Å². The number of amides is 1. The fraction of sp³-hybridized carbons (Fsp3) is 0.423. The third-order valence-corrected chi connectivity index (χ3v) is 8.34. The summed E-state index contributed by atoms with van der Waals surface area (Å²) in [6.07, 6.45) is 1.93. The van der Waals surface area contributed by atoms with Crippen molar-refractivity contribution in [2.24, 2.45) is 0 Å². The highest BCUT2D eigenvalue weighted by Crippen LogP contribution is 2.32. The number of nitrogens with zero attached hydrogens (tertiary/aromatic N) is 1. The average molecular weight is 497 g/mol. The maximum atomic E-state index is 11.8. The molecular formula is C26H32N4O4S. The monoisotopic (exact) mass is 496 g/mol. The van der Waals surface area contributed by atoms with E-state index in [2.05, 4.69) is 38.7 Å². The third kappa shape index (κ3) is 5.86. The van der Waals surface area contributed by atoms with Crippen LogP contribution in [0.2, 0.25) is 0 Å². The van der Waals surface area contributed by atoms with E-state index < -0.39 is 9.84 Å². The highest BCUT2D eigenvalue weighted by molar-refractivity contribution is 7.91. The van der Waals surface area contributed by atoms with Crippen LogP contribution < -0.4 is 10.6 Å². The first-order valence-electron chi connectivity index (χ1n) is 12.2. The Morgan fingerprint density at radius 2 is 1.80 bits per heavy atom. The summed E-state index contributed by atoms with van der Waals surface area (Å²) in [5.41, 5.74) is 6.10. The van der Waals surface area contributed by atoms with Gasteiger partial charge >= 0.3 is 0 Å². The SMILES string of the molecule is CC(=O)Nc1ccc(-c2cc3cc(CN4CCS(=O)(=O)CC4)cc(NC4CCOCC4)c3[nH]2)cc1. The number of fused-ring (bicyclic) bond motifs is 1. The normalized spacial score (nSPS) is 19.0. The van der Waals surface area contributed by atoms with Crippen LogP contribution in [-0.4, -0.2) is 68.1 Å². The number of nitrogens with one attached hydrogen (secondary N) is 3. The van der Waals surface area contributed by atoms with Gasteiger partial charge in [0.15, 0.2) is 9.84 Å². The lowest BCUT2D eigenvalue weighted by Gasteiger charge is -2.27. The Balaban J connectivity index is 1.45. The molecule has 0 unspecified atom stereocenters. The molecule has 3 heterocycles. The van der Waals surface area contributed by atoms with Gasteiger partial charge in [-0.15, -0.1) is 0 Å². The van der Waals surface area contributed by atoms with Gasteiger partial charge in [-0.25, -0.2) is 8.42 Å². The van der Waals surface area contributed by atoms with Crippen LogP contribution in [0.4, 0.5) is 11.4 Å². The molecule has 3 aromatic rings. The largest absolute Gasteiger partial charge is 0.381 e. The minimum Gasteiger partial charge on any atom is -0.381 e. The number of hydrogen-bond acceptors (Lipinski definition) is 6. The van der Waals surface area contributed by atoms with Crippen LogP contribution >= 0.6 is 0 Å². The second-order valence-corrected chi connectivity index (χ2v) is 11.8. The standard InChI is InChI=1S/C26H32N4O4S/c1-18(31)27-22-4-2-20(3-5-22)24-16-21-14-19(17-30-8-12-35(32,33)13-9-30)15-25(26(21)29-24)28-23-6-10-34-11-7-23/h2-5,14-16,23,28-29H,6-13,17H2,1H3,(H,27,31). The number of ether oxygens (including phenoxy) is 1. The van der Waals surface area contributed by atoms with Crippen molar-refractivity contribution in [3.63, 3.8) is 0 Å². The molecule has 0 saturated carbocycles. The third-order valence-electron chi connectivity index (χ3n) is 6.73. The van der Waals surface area contributed by atoms with E-state index in [-0.39, 0.29) is 17.4 Å². The zero-order valence-corrected chi connectivity index (χ0v) is 20.8. The van der Waals surface area contributed by atoms with Crippen molar-refractivity contribution in [3.05, 3.63) is 48.0 Å². The number of H-pyrrole nitrogens is 1. The van der Waals surface area contributed by atoms with Crippen LogP contribution in [0.3, 0.4) is 0 Å². The second-order valence-electron chi connectivity index (χ2n) is 9.51. The molecule has 186 valence electrons. The van der Waals surface area contributed by atoms with Gasteiger partial charge in [-0.05, 0) is 54.3 Å². The van der Waals surface area contributed by atoms with Crippen molar-refractivity contribution in [3.8, 4) is 11.3 Å². The molecule has 9 heteroatoms. The zero-order valence-electron chi connectivity index (χ0n) is 20.0. The number of anilines is 2. The summed E-state index contributed by atoms with van der Waals surface area (Å²) >= 11 is 0. The molecule has 0 radical (unpaired) electrons. The van der Waals surface area contributed by atoms with Gasteiger partial charge in [0, 0.05) is 62.6 Å². The van der Waals surface area contributed by atoms with Gasteiger partial charge in [0.1, 0.15) is 0 Å². The lowest BCUT2D eigenvalue weighted by atomic mass is 10.1. The quantitative estimate of drug-likeness (QED) is 0.482. The summed E-state index contributed by atoms with van der Waals surface area (Å²) in [6.45, 7) is 4.89. The Morgan fingerprint density at radius 3 is 2.49 bits per heavy atom. The van der Waals surface area contributed by atoms with Crippen molar-refractivity contribution < 1.29 is 17.9 Å². The fourth-order valence-corrected chi connectivity index (χ4v) is 6.11. The molecule has 5 rings (SSSR count). The highest BCUT2D eigenvalue weighted by atomic mass is 32.2. The summed E-state index contributed by atoms with van der Waals surface area (Å²) in [4.78, 5) is 17.1. The average Bonchev–Trinajstić information content (AvgIpc) is 3.26. The second kappa shape index (κ2) is 10.0. The van der Waals surface area contributed by atoms with Gasteiger partial charge in [-0.1, -0.05) is 12.1 Å². The summed E-state index contributed by atoms with van der Waals surface area (Å²) < 4.78 is 29.2. The highest BCUT2D eigenvalue weighted by Gasteiger charge is 2.22. The Labute approximate surface area is 206 Å². The molecule has 35 heavy (non-hydrogen) atoms. The zero-order chi connectivity index (χ0) is 24.4. The molecule has 0 aliphatic carbocycles. The molecule has 3 N–H and O–H groups in total. The Morgan fingerprint density at radius 1 is 1.09 bits per heavy atom. The summed E-state index contributed by atoms with van der Waals surface area (Å²) in [5, 5.41) is 7.65. The van der Waals surface area contributed by atoms with E-state index in [0.29, 0.717) is 19.1 Å². The van der Waals surface area contributed by atoms with Gasteiger partial charge < -0.3 is 20.4 Å². The molecule has 2 aliphatic heterocycles. The van der Waals surface area contributed by atoms with Gasteiger partial charge in [-0.3, -0.25) is 9.69 Å². The van der Waals surface area contributed by atoms with Gasteiger partial charge in [0.05, 0.1) is 22.7 Å². The number of benzene rings is 2. The first kappa shape index (κ1) is 23.8. The summed E-state index contributed by atoms with van der Waals surface area (Å²) in [6, 6.07) is 14.7. The van der Waals surface area contributed by atoms with Gasteiger partial charge in [-0.2, -0.15) is 0 Å². The maximum absolute atomic E-state index is 11.8. The molecule has 8 nitrogen and oxygen atoms in total. The van der Waals surface area contributed by atoms with Crippen molar-refractivity contribution in [1.82, 2.24) is 9.88 Å². The molecule has 0 atom stereocenters. The van der Waals surface area contributed by atoms with Crippen molar-refractivity contribution in [2.75, 3.05) is 48.4 Å². The minimum atomic E-state index is -2.90. The number of carbonyl (C=O) groups excluding carboxylic acids is 1. The number of aromatic nitrogens is 1. The number of sulfone groups is 1. The summed E-state index contributed by atoms with van der Waals surface area (Å²) in [7, 11) is -2.90. The first-order valence-corrected chi connectivity index (χ1v) is 14.0. The Kier molecular flexibility index (Phi) is 6.82. The molecular weight excluding hydrogens is 464 g/mol. The number of hydrogen-bond donors (Lipinski definition) is 3. The first-order chi connectivity index (χ1) is 16.8. The molecule has 2 saturated heterocycles. The predicted molar refractivity (Wildman–Crippen MR) is 139 cm³/mol. The van der Waals surface area contributed by atoms with Crippen LogP contribution in [0, 0.1) is 0 Å². The van der Waals surface area contributed by atoms with Gasteiger partial charge in [0.2, 0.25) is 5.91 Å². The minimum absolute atomic E-state index is 0.0916. The van der Waals surface area contributed by atoms with E-state index in [4.69, 9.17) is 4.74 Å². The number of carbonyl (C=O) groups is 1. The predicted octanol–water partition coefficient (Wildman–Crippen LogP) is 3.61. The maximum Gasteiger partial charge on any atom is 0.221 e. The van der Waals surface area contributed by atoms with Crippen LogP contribution in [0.25, 0.3) is 22.2 Å². The van der Waals surface area contributed by atoms with E-state index in [1.807, 2.05) is 24.3 Å². The van der Waals surface area contributed by atoms with Crippen molar-refractivity contribution in [1.29, 1.82) is 0 Å². The Bertz CT molecular complexity index is 1300. The lowest BCUT2D eigenvalue weighted by molar-refractivity contribution is -0.114. The Hall–Kier alpha value is -2.88. The van der Waals surface area contributed by atoms with Crippen LogP contribution in [0.15, 0.2) is 42.5 Å². The number of rotatable bonds is 6. The van der Waals surface area contributed by atoms with Crippen LogP contribution in [0.5, 0.6) is 0 Å². The van der Waals surface area contributed by atoms with E-state index in [1.165, 1.54) is 6.92 Å². The summed E-state index contributed by atoms with van der Waals surface area (Å²) in [5.74, 6) is 0.363. The molecule has 1 amide bonds. The van der Waals surface area contributed by atoms with Crippen molar-refractivity contribution >= 4 is 38.0 Å². The fourth-order valence-electron chi connectivity index (χ4n) is 4.83.